The Morgan fingerprint density at radius 3 is 3.00 bits per heavy atom. The maximum Gasteiger partial charge on any atom is 0.0410 e. The minimum absolute atomic E-state index is 0.215. The van der Waals surface area contributed by atoms with E-state index in [0.717, 1.165) is 24.4 Å². The van der Waals surface area contributed by atoms with E-state index in [9.17, 15) is 0 Å². The number of thioether (sulfide) groups is 1. The van der Waals surface area contributed by atoms with Gasteiger partial charge in [0, 0.05) is 40.8 Å². The van der Waals surface area contributed by atoms with Gasteiger partial charge in [-0.2, -0.15) is 11.8 Å². The van der Waals surface area contributed by atoms with E-state index in [-0.39, 0.29) is 6.04 Å². The monoisotopic (exact) mass is 298 g/mol. The first kappa shape index (κ1) is 15.0. The Morgan fingerprint density at radius 1 is 1.53 bits per heavy atom. The van der Waals surface area contributed by atoms with Crippen molar-refractivity contribution in [1.82, 2.24) is 0 Å². The van der Waals surface area contributed by atoms with Gasteiger partial charge in [-0.3, -0.25) is 0 Å². The molecule has 0 bridgehead atoms. The molecule has 106 valence electrons. The molecular weight excluding hydrogens is 276 g/mol. The zero-order chi connectivity index (χ0) is 13.8. The number of nitrogens with two attached hydrogens (primary N) is 1. The SMILES string of the molecule is CCC(N)Cc1cc(Cl)ccc1N1CCSCC1C. The molecule has 2 rings (SSSR count). The fourth-order valence-corrected chi connectivity index (χ4v) is 3.72. The van der Waals surface area contributed by atoms with Crippen LogP contribution in [0.2, 0.25) is 5.02 Å². The molecule has 1 aromatic carbocycles. The molecule has 0 amide bonds. The van der Waals surface area contributed by atoms with Crippen molar-refractivity contribution in [1.29, 1.82) is 0 Å². The number of rotatable bonds is 4. The first-order chi connectivity index (χ1) is 9.11. The lowest BCUT2D eigenvalue weighted by Crippen LogP contribution is -2.41. The van der Waals surface area contributed by atoms with Gasteiger partial charge in [0.15, 0.2) is 0 Å². The normalized spacial score (nSPS) is 21.5. The Bertz CT molecular complexity index is 425. The molecule has 1 saturated heterocycles. The largest absolute Gasteiger partial charge is 0.367 e. The second kappa shape index (κ2) is 6.87. The first-order valence-corrected chi connectivity index (χ1v) is 8.53. The molecule has 2 unspecified atom stereocenters. The molecule has 1 aliphatic heterocycles. The van der Waals surface area contributed by atoms with E-state index in [1.807, 2.05) is 17.8 Å². The highest BCUT2D eigenvalue weighted by Gasteiger charge is 2.21. The van der Waals surface area contributed by atoms with Crippen LogP contribution in [0.25, 0.3) is 0 Å². The Kier molecular flexibility index (Phi) is 5.43. The summed E-state index contributed by atoms with van der Waals surface area (Å²) in [7, 11) is 0. The van der Waals surface area contributed by atoms with Crippen LogP contribution in [0.15, 0.2) is 18.2 Å². The molecule has 0 radical (unpaired) electrons. The van der Waals surface area contributed by atoms with Gasteiger partial charge >= 0.3 is 0 Å². The van der Waals surface area contributed by atoms with E-state index >= 15 is 0 Å². The molecule has 2 atom stereocenters. The summed E-state index contributed by atoms with van der Waals surface area (Å²) in [6.07, 6.45) is 1.90. The Balaban J connectivity index is 2.27. The van der Waals surface area contributed by atoms with Crippen molar-refractivity contribution in [3.05, 3.63) is 28.8 Å². The van der Waals surface area contributed by atoms with Crippen LogP contribution in [0, 0.1) is 0 Å². The molecule has 1 heterocycles. The lowest BCUT2D eigenvalue weighted by atomic mass is 10.0. The Labute approximate surface area is 125 Å². The molecule has 1 aliphatic rings. The molecule has 1 fully saturated rings. The zero-order valence-electron chi connectivity index (χ0n) is 11.7. The summed E-state index contributed by atoms with van der Waals surface area (Å²) < 4.78 is 0. The number of halogens is 1. The first-order valence-electron chi connectivity index (χ1n) is 7.00. The third-order valence-electron chi connectivity index (χ3n) is 3.73. The lowest BCUT2D eigenvalue weighted by Gasteiger charge is -2.36. The number of hydrogen-bond donors (Lipinski definition) is 1. The van der Waals surface area contributed by atoms with Crippen molar-refractivity contribution >= 4 is 29.1 Å². The van der Waals surface area contributed by atoms with E-state index in [2.05, 4.69) is 30.9 Å². The quantitative estimate of drug-likeness (QED) is 0.921. The minimum atomic E-state index is 0.215. The van der Waals surface area contributed by atoms with Crippen LogP contribution in [0.3, 0.4) is 0 Å². The van der Waals surface area contributed by atoms with Crippen LogP contribution < -0.4 is 10.6 Å². The van der Waals surface area contributed by atoms with Crippen LogP contribution >= 0.6 is 23.4 Å². The van der Waals surface area contributed by atoms with Gasteiger partial charge in [0.25, 0.3) is 0 Å². The molecule has 0 spiro atoms. The van der Waals surface area contributed by atoms with Gasteiger partial charge < -0.3 is 10.6 Å². The molecule has 0 aliphatic carbocycles. The van der Waals surface area contributed by atoms with Crippen molar-refractivity contribution in [2.75, 3.05) is 23.0 Å². The molecule has 0 aromatic heterocycles. The summed E-state index contributed by atoms with van der Waals surface area (Å²) >= 11 is 8.19. The summed E-state index contributed by atoms with van der Waals surface area (Å²) in [6, 6.07) is 7.03. The molecule has 0 saturated carbocycles. The second-order valence-electron chi connectivity index (χ2n) is 5.26. The van der Waals surface area contributed by atoms with E-state index in [1.165, 1.54) is 22.8 Å². The number of hydrogen-bond acceptors (Lipinski definition) is 3. The highest BCUT2D eigenvalue weighted by Crippen LogP contribution is 2.30. The van der Waals surface area contributed by atoms with E-state index < -0.39 is 0 Å². The van der Waals surface area contributed by atoms with Crippen molar-refractivity contribution in [2.24, 2.45) is 5.73 Å². The van der Waals surface area contributed by atoms with Crippen molar-refractivity contribution in [3.8, 4) is 0 Å². The van der Waals surface area contributed by atoms with Gasteiger partial charge in [0.1, 0.15) is 0 Å². The fraction of sp³-hybridized carbons (Fsp3) is 0.600. The number of anilines is 1. The van der Waals surface area contributed by atoms with Crippen molar-refractivity contribution in [3.63, 3.8) is 0 Å². The van der Waals surface area contributed by atoms with Crippen LogP contribution in [0.1, 0.15) is 25.8 Å². The smallest absolute Gasteiger partial charge is 0.0410 e. The highest BCUT2D eigenvalue weighted by molar-refractivity contribution is 7.99. The van der Waals surface area contributed by atoms with Crippen LogP contribution in [-0.2, 0) is 6.42 Å². The summed E-state index contributed by atoms with van der Waals surface area (Å²) in [5.74, 6) is 2.40. The predicted octanol–water partition coefficient (Wildman–Crippen LogP) is 3.56. The van der Waals surface area contributed by atoms with E-state index in [4.69, 9.17) is 17.3 Å². The molecule has 2 N–H and O–H groups in total. The van der Waals surface area contributed by atoms with Crippen LogP contribution in [0.4, 0.5) is 5.69 Å². The van der Waals surface area contributed by atoms with Gasteiger partial charge in [-0.25, -0.2) is 0 Å². The summed E-state index contributed by atoms with van der Waals surface area (Å²) in [5, 5.41) is 0.807. The maximum atomic E-state index is 6.16. The molecule has 2 nitrogen and oxygen atoms in total. The average Bonchev–Trinajstić information content (AvgIpc) is 2.40. The Hall–Kier alpha value is -0.380. The van der Waals surface area contributed by atoms with Crippen LogP contribution in [-0.4, -0.2) is 30.1 Å². The lowest BCUT2D eigenvalue weighted by molar-refractivity contribution is 0.638. The number of nitrogens with zero attached hydrogens (tertiary/aromatic N) is 1. The van der Waals surface area contributed by atoms with Gasteiger partial charge in [-0.05, 0) is 43.5 Å². The van der Waals surface area contributed by atoms with Crippen LogP contribution in [0.5, 0.6) is 0 Å². The summed E-state index contributed by atoms with van der Waals surface area (Å²) in [4.78, 5) is 2.50. The topological polar surface area (TPSA) is 29.3 Å². The van der Waals surface area contributed by atoms with Crippen molar-refractivity contribution in [2.45, 2.75) is 38.8 Å². The molecule has 1 aromatic rings. The predicted molar refractivity (Wildman–Crippen MR) is 87.6 cm³/mol. The van der Waals surface area contributed by atoms with Gasteiger partial charge in [0.05, 0.1) is 0 Å². The standard InChI is InChI=1S/C15H23ClN2S/c1-3-14(17)9-12-8-13(16)4-5-15(12)18-6-7-19-10-11(18)2/h4-5,8,11,14H,3,6-7,9-10,17H2,1-2H3. The second-order valence-corrected chi connectivity index (χ2v) is 6.85. The highest BCUT2D eigenvalue weighted by atomic mass is 35.5. The third-order valence-corrected chi connectivity index (χ3v) is 5.15. The summed E-state index contributed by atoms with van der Waals surface area (Å²) in [5.41, 5.74) is 8.74. The van der Waals surface area contributed by atoms with E-state index in [1.54, 1.807) is 0 Å². The molecule has 4 heteroatoms. The minimum Gasteiger partial charge on any atom is -0.367 e. The van der Waals surface area contributed by atoms with Gasteiger partial charge in [0.2, 0.25) is 0 Å². The zero-order valence-corrected chi connectivity index (χ0v) is 13.3. The molecular formula is C15H23ClN2S. The van der Waals surface area contributed by atoms with Gasteiger partial charge in [-0.15, -0.1) is 0 Å². The molecule has 19 heavy (non-hydrogen) atoms. The number of benzene rings is 1. The Morgan fingerprint density at radius 2 is 2.32 bits per heavy atom. The fourth-order valence-electron chi connectivity index (χ4n) is 2.51. The van der Waals surface area contributed by atoms with E-state index in [0.29, 0.717) is 6.04 Å². The van der Waals surface area contributed by atoms with Crippen molar-refractivity contribution < 1.29 is 0 Å². The average molecular weight is 299 g/mol. The summed E-state index contributed by atoms with van der Waals surface area (Å²) in [6.45, 7) is 5.54. The maximum absolute atomic E-state index is 6.16. The van der Waals surface area contributed by atoms with Gasteiger partial charge in [-0.1, -0.05) is 18.5 Å². The third kappa shape index (κ3) is 3.80.